The molecule has 184 valence electrons. The minimum atomic E-state index is -0.199. The molecular weight excluding hydrogens is 478 g/mol. The van der Waals surface area contributed by atoms with Crippen molar-refractivity contribution in [3.05, 3.63) is 92.6 Å². The number of carbonyl (C=O) groups excluding carboxylic acids is 2. The van der Waals surface area contributed by atoms with Gasteiger partial charge in [-0.15, -0.1) is 11.3 Å². The van der Waals surface area contributed by atoms with Gasteiger partial charge >= 0.3 is 0 Å². The van der Waals surface area contributed by atoms with Gasteiger partial charge in [-0.05, 0) is 67.6 Å². The van der Waals surface area contributed by atoms with Crippen LogP contribution in [0.2, 0.25) is 5.02 Å². The molecule has 3 aromatic rings. The van der Waals surface area contributed by atoms with Gasteiger partial charge in [0.2, 0.25) is 5.91 Å². The van der Waals surface area contributed by atoms with Gasteiger partial charge in [0.25, 0.3) is 5.91 Å². The standard InChI is InChI=1S/C28H32ClN3O2S/c1-22-13-18-35-26(22)20-32(19-23-9-3-2-4-10-23)27(33)21-31(17-16-30-14-7-8-15-30)28(34)24-11-5-6-12-25(24)29/h2-6,9-13,18H,7-8,14-17,19-21H2,1H3. The Morgan fingerprint density at radius 2 is 1.66 bits per heavy atom. The highest BCUT2D eigenvalue weighted by Gasteiger charge is 2.25. The number of benzene rings is 2. The number of hydrogen-bond acceptors (Lipinski definition) is 4. The van der Waals surface area contributed by atoms with E-state index in [1.807, 2.05) is 41.3 Å². The molecule has 0 unspecified atom stereocenters. The van der Waals surface area contributed by atoms with Crippen molar-refractivity contribution in [2.24, 2.45) is 0 Å². The van der Waals surface area contributed by atoms with Crippen molar-refractivity contribution in [1.82, 2.24) is 14.7 Å². The third kappa shape index (κ3) is 6.94. The summed E-state index contributed by atoms with van der Waals surface area (Å²) in [6.07, 6.45) is 2.37. The molecule has 1 aliphatic heterocycles. The van der Waals surface area contributed by atoms with Crippen molar-refractivity contribution < 1.29 is 9.59 Å². The van der Waals surface area contributed by atoms with E-state index < -0.39 is 0 Å². The molecule has 4 rings (SSSR count). The van der Waals surface area contributed by atoms with Crippen molar-refractivity contribution in [2.75, 3.05) is 32.7 Å². The zero-order valence-corrected chi connectivity index (χ0v) is 21.7. The van der Waals surface area contributed by atoms with Gasteiger partial charge in [0, 0.05) is 24.5 Å². The molecule has 1 saturated heterocycles. The van der Waals surface area contributed by atoms with Gasteiger partial charge in [-0.3, -0.25) is 9.59 Å². The fourth-order valence-electron chi connectivity index (χ4n) is 4.36. The molecule has 2 aromatic carbocycles. The first-order chi connectivity index (χ1) is 17.0. The second kappa shape index (κ2) is 12.3. The first kappa shape index (κ1) is 25.4. The Kier molecular flexibility index (Phi) is 8.96. The first-order valence-corrected chi connectivity index (χ1v) is 13.4. The number of nitrogens with zero attached hydrogens (tertiary/aromatic N) is 3. The normalized spacial score (nSPS) is 13.7. The molecule has 0 N–H and O–H groups in total. The third-order valence-corrected chi connectivity index (χ3v) is 7.81. The number of carbonyl (C=O) groups is 2. The fraction of sp³-hybridized carbons (Fsp3) is 0.357. The molecule has 0 aliphatic carbocycles. The van der Waals surface area contributed by atoms with Crippen LogP contribution in [0.15, 0.2) is 66.0 Å². The van der Waals surface area contributed by atoms with E-state index in [2.05, 4.69) is 23.3 Å². The topological polar surface area (TPSA) is 43.9 Å². The number of aryl methyl sites for hydroxylation is 1. The molecule has 0 saturated carbocycles. The summed E-state index contributed by atoms with van der Waals surface area (Å²) in [5.41, 5.74) is 2.68. The molecule has 5 nitrogen and oxygen atoms in total. The molecular formula is C28H32ClN3O2S. The molecule has 2 amide bonds. The van der Waals surface area contributed by atoms with Crippen molar-refractivity contribution in [2.45, 2.75) is 32.9 Å². The molecule has 0 atom stereocenters. The number of halogens is 1. The maximum absolute atomic E-state index is 13.7. The number of likely N-dealkylation sites (tertiary alicyclic amines) is 1. The van der Waals surface area contributed by atoms with Crippen LogP contribution in [-0.2, 0) is 17.9 Å². The van der Waals surface area contributed by atoms with Crippen molar-refractivity contribution >= 4 is 34.8 Å². The summed E-state index contributed by atoms with van der Waals surface area (Å²) in [5.74, 6) is -0.265. The monoisotopic (exact) mass is 509 g/mol. The summed E-state index contributed by atoms with van der Waals surface area (Å²) < 4.78 is 0. The Morgan fingerprint density at radius 1 is 0.943 bits per heavy atom. The second-order valence-corrected chi connectivity index (χ2v) is 10.4. The van der Waals surface area contributed by atoms with E-state index in [1.54, 1.807) is 34.4 Å². The average molecular weight is 510 g/mol. The van der Waals surface area contributed by atoms with E-state index in [1.165, 1.54) is 18.4 Å². The average Bonchev–Trinajstić information content (AvgIpc) is 3.53. The molecule has 2 heterocycles. The van der Waals surface area contributed by atoms with Crippen LogP contribution in [0.1, 0.15) is 39.2 Å². The van der Waals surface area contributed by atoms with Gasteiger partial charge in [-0.2, -0.15) is 0 Å². The van der Waals surface area contributed by atoms with Crippen LogP contribution in [0.4, 0.5) is 0 Å². The molecule has 0 spiro atoms. The minimum Gasteiger partial charge on any atom is -0.332 e. The van der Waals surface area contributed by atoms with Gasteiger partial charge in [0.15, 0.2) is 0 Å². The maximum atomic E-state index is 13.7. The lowest BCUT2D eigenvalue weighted by Crippen LogP contribution is -2.45. The highest BCUT2D eigenvalue weighted by Crippen LogP contribution is 2.21. The number of thiophene rings is 1. The van der Waals surface area contributed by atoms with Crippen LogP contribution < -0.4 is 0 Å². The second-order valence-electron chi connectivity index (χ2n) is 9.02. The molecule has 7 heteroatoms. The number of hydrogen-bond donors (Lipinski definition) is 0. The van der Waals surface area contributed by atoms with Crippen molar-refractivity contribution in [3.8, 4) is 0 Å². The maximum Gasteiger partial charge on any atom is 0.255 e. The highest BCUT2D eigenvalue weighted by atomic mass is 35.5. The lowest BCUT2D eigenvalue weighted by molar-refractivity contribution is -0.133. The van der Waals surface area contributed by atoms with Crippen LogP contribution in [-0.4, -0.2) is 59.2 Å². The van der Waals surface area contributed by atoms with Gasteiger partial charge in [0.05, 0.1) is 17.1 Å². The van der Waals surface area contributed by atoms with Crippen LogP contribution in [0.5, 0.6) is 0 Å². The van der Waals surface area contributed by atoms with Gasteiger partial charge in [-0.1, -0.05) is 54.1 Å². The zero-order valence-electron chi connectivity index (χ0n) is 20.2. The zero-order chi connectivity index (χ0) is 24.6. The molecule has 35 heavy (non-hydrogen) atoms. The van der Waals surface area contributed by atoms with Crippen LogP contribution in [0.25, 0.3) is 0 Å². The summed E-state index contributed by atoms with van der Waals surface area (Å²) in [6.45, 7) is 6.45. The van der Waals surface area contributed by atoms with Crippen molar-refractivity contribution in [1.29, 1.82) is 0 Å². The summed E-state index contributed by atoms with van der Waals surface area (Å²) in [6, 6.07) is 19.1. The Labute approximate surface area is 216 Å². The number of rotatable bonds is 10. The van der Waals surface area contributed by atoms with E-state index in [-0.39, 0.29) is 18.4 Å². The Bertz CT molecular complexity index is 1130. The van der Waals surface area contributed by atoms with Gasteiger partial charge < -0.3 is 14.7 Å². The smallest absolute Gasteiger partial charge is 0.255 e. The molecule has 1 fully saturated rings. The molecule has 0 bridgehead atoms. The van der Waals surface area contributed by atoms with Crippen LogP contribution >= 0.6 is 22.9 Å². The summed E-state index contributed by atoms with van der Waals surface area (Å²) in [4.78, 5) is 34.3. The summed E-state index contributed by atoms with van der Waals surface area (Å²) in [5, 5.41) is 2.46. The predicted octanol–water partition coefficient (Wildman–Crippen LogP) is 5.48. The first-order valence-electron chi connectivity index (χ1n) is 12.1. The predicted molar refractivity (Wildman–Crippen MR) is 143 cm³/mol. The molecule has 0 radical (unpaired) electrons. The van der Waals surface area contributed by atoms with Gasteiger partial charge in [0.1, 0.15) is 6.54 Å². The van der Waals surface area contributed by atoms with Crippen molar-refractivity contribution in [3.63, 3.8) is 0 Å². The van der Waals surface area contributed by atoms with E-state index in [9.17, 15) is 9.59 Å². The highest BCUT2D eigenvalue weighted by molar-refractivity contribution is 7.10. The summed E-state index contributed by atoms with van der Waals surface area (Å²) in [7, 11) is 0. The molecule has 1 aromatic heterocycles. The van der Waals surface area contributed by atoms with Crippen LogP contribution in [0, 0.1) is 6.92 Å². The number of amides is 2. The Morgan fingerprint density at radius 3 is 2.34 bits per heavy atom. The summed E-state index contributed by atoms with van der Waals surface area (Å²) >= 11 is 8.02. The van der Waals surface area contributed by atoms with E-state index >= 15 is 0 Å². The fourth-order valence-corrected chi connectivity index (χ4v) is 5.50. The minimum absolute atomic E-state index is 0.0230. The lowest BCUT2D eigenvalue weighted by Gasteiger charge is -2.29. The Hall–Kier alpha value is -2.67. The van der Waals surface area contributed by atoms with Gasteiger partial charge in [-0.25, -0.2) is 0 Å². The largest absolute Gasteiger partial charge is 0.332 e. The third-order valence-electron chi connectivity index (χ3n) is 6.47. The SMILES string of the molecule is Cc1ccsc1CN(Cc1ccccc1)C(=O)CN(CCN1CCCC1)C(=O)c1ccccc1Cl. The van der Waals surface area contributed by atoms with E-state index in [0.717, 1.165) is 30.1 Å². The quantitative estimate of drug-likeness (QED) is 0.363. The van der Waals surface area contributed by atoms with Crippen LogP contribution in [0.3, 0.4) is 0 Å². The Balaban J connectivity index is 1.54. The van der Waals surface area contributed by atoms with E-state index in [0.29, 0.717) is 30.2 Å². The van der Waals surface area contributed by atoms with E-state index in [4.69, 9.17) is 11.6 Å². The molecule has 1 aliphatic rings. The lowest BCUT2D eigenvalue weighted by atomic mass is 10.1.